The molecule has 1 saturated heterocycles. The summed E-state index contributed by atoms with van der Waals surface area (Å²) in [5.41, 5.74) is -0.718. The van der Waals surface area contributed by atoms with Crippen molar-refractivity contribution in [1.82, 2.24) is 4.90 Å². The van der Waals surface area contributed by atoms with Crippen molar-refractivity contribution < 1.29 is 24.1 Å². The van der Waals surface area contributed by atoms with E-state index in [0.29, 0.717) is 25.1 Å². The van der Waals surface area contributed by atoms with E-state index in [-0.39, 0.29) is 13.0 Å². The molecule has 1 aromatic carbocycles. The van der Waals surface area contributed by atoms with E-state index in [1.54, 1.807) is 19.2 Å². The number of carbonyl (C=O) groups is 1. The number of aliphatic hydroxyl groups is 1. The number of carboxylic acid groups (broad SMARTS) is 1. The lowest BCUT2D eigenvalue weighted by atomic mass is 9.73. The smallest absolute Gasteiger partial charge is 0.313 e. The lowest BCUT2D eigenvalue weighted by molar-refractivity contribution is -0.163. The summed E-state index contributed by atoms with van der Waals surface area (Å²) in [5, 5.41) is 20.2. The van der Waals surface area contributed by atoms with Crippen molar-refractivity contribution in [2.45, 2.75) is 25.4 Å². The minimum atomic E-state index is -1.31. The largest absolute Gasteiger partial charge is 0.481 e. The number of benzene rings is 1. The molecule has 1 aliphatic heterocycles. The first-order chi connectivity index (χ1) is 11.0. The first-order valence-electron chi connectivity index (χ1n) is 7.85. The van der Waals surface area contributed by atoms with E-state index in [2.05, 4.69) is 0 Å². The maximum absolute atomic E-state index is 13.4. The van der Waals surface area contributed by atoms with Crippen molar-refractivity contribution in [3.8, 4) is 0 Å². The predicted octanol–water partition coefficient (Wildman–Crippen LogP) is 1.54. The predicted molar refractivity (Wildman–Crippen MR) is 83.7 cm³/mol. The third kappa shape index (κ3) is 4.28. The molecule has 5 nitrogen and oxygen atoms in total. The molecule has 128 valence electrons. The van der Waals surface area contributed by atoms with Crippen LogP contribution in [0.1, 0.15) is 18.4 Å². The van der Waals surface area contributed by atoms with Crippen molar-refractivity contribution >= 4 is 5.97 Å². The number of nitrogens with zero attached hydrogens (tertiary/aromatic N) is 1. The highest BCUT2D eigenvalue weighted by Gasteiger charge is 2.49. The molecule has 1 heterocycles. The number of likely N-dealkylation sites (tertiary alicyclic amines) is 1. The van der Waals surface area contributed by atoms with Gasteiger partial charge in [-0.3, -0.25) is 4.79 Å². The zero-order valence-corrected chi connectivity index (χ0v) is 13.4. The molecule has 0 unspecified atom stereocenters. The zero-order valence-electron chi connectivity index (χ0n) is 13.4. The van der Waals surface area contributed by atoms with E-state index in [9.17, 15) is 19.4 Å². The number of halogens is 1. The summed E-state index contributed by atoms with van der Waals surface area (Å²) >= 11 is 0. The maximum atomic E-state index is 13.4. The van der Waals surface area contributed by atoms with E-state index in [1.807, 2.05) is 4.90 Å². The van der Waals surface area contributed by atoms with Crippen LogP contribution in [-0.4, -0.2) is 60.5 Å². The van der Waals surface area contributed by atoms with Gasteiger partial charge in [-0.25, -0.2) is 4.39 Å². The Labute approximate surface area is 135 Å². The Hall–Kier alpha value is -1.50. The normalized spacial score (nSPS) is 25.4. The Kier molecular flexibility index (Phi) is 6.10. The average Bonchev–Trinajstić information content (AvgIpc) is 2.50. The Bertz CT molecular complexity index is 539. The fourth-order valence-electron chi connectivity index (χ4n) is 3.26. The lowest BCUT2D eigenvalue weighted by Crippen LogP contribution is -2.57. The number of hydrogen-bond donors (Lipinski definition) is 2. The number of ether oxygens (including phenoxy) is 1. The fourth-order valence-corrected chi connectivity index (χ4v) is 3.26. The molecule has 2 atom stereocenters. The lowest BCUT2D eigenvalue weighted by Gasteiger charge is -2.43. The molecule has 1 fully saturated rings. The average molecular weight is 325 g/mol. The summed E-state index contributed by atoms with van der Waals surface area (Å²) in [4.78, 5) is 14.0. The van der Waals surface area contributed by atoms with Crippen molar-refractivity contribution in [1.29, 1.82) is 0 Å². The summed E-state index contributed by atoms with van der Waals surface area (Å²) in [5.74, 6) is -1.43. The number of methoxy groups -OCH3 is 1. The van der Waals surface area contributed by atoms with Gasteiger partial charge < -0.3 is 19.8 Å². The van der Waals surface area contributed by atoms with Gasteiger partial charge in [-0.1, -0.05) is 12.1 Å². The van der Waals surface area contributed by atoms with E-state index in [4.69, 9.17) is 4.74 Å². The molecule has 0 amide bonds. The van der Waals surface area contributed by atoms with Crippen molar-refractivity contribution in [2.75, 3.05) is 33.4 Å². The van der Waals surface area contributed by atoms with Crippen molar-refractivity contribution in [2.24, 2.45) is 5.41 Å². The molecule has 0 aromatic heterocycles. The number of rotatable bonds is 7. The number of hydrogen-bond acceptors (Lipinski definition) is 4. The summed E-state index contributed by atoms with van der Waals surface area (Å²) in [6.45, 7) is 2.24. The first-order valence-corrected chi connectivity index (χ1v) is 7.85. The van der Waals surface area contributed by atoms with Crippen LogP contribution in [-0.2, 0) is 16.0 Å². The number of piperidine rings is 1. The quantitative estimate of drug-likeness (QED) is 0.744. The molecular weight excluding hydrogens is 301 g/mol. The van der Waals surface area contributed by atoms with E-state index < -0.39 is 23.3 Å². The van der Waals surface area contributed by atoms with Crippen LogP contribution >= 0.6 is 0 Å². The highest BCUT2D eigenvalue weighted by Crippen LogP contribution is 2.35. The highest BCUT2D eigenvalue weighted by molar-refractivity contribution is 5.76. The van der Waals surface area contributed by atoms with E-state index >= 15 is 0 Å². The monoisotopic (exact) mass is 325 g/mol. The summed E-state index contributed by atoms with van der Waals surface area (Å²) in [7, 11) is 1.63. The Morgan fingerprint density at radius 1 is 1.52 bits per heavy atom. The number of aliphatic hydroxyl groups excluding tert-OH is 1. The third-order valence-corrected chi connectivity index (χ3v) is 4.52. The van der Waals surface area contributed by atoms with Gasteiger partial charge in [0.15, 0.2) is 0 Å². The summed E-state index contributed by atoms with van der Waals surface area (Å²) in [6, 6.07) is 5.92. The maximum Gasteiger partial charge on any atom is 0.313 e. The molecule has 2 N–H and O–H groups in total. The SMILES string of the molecule is COCCCN1CC[C@H](O)[C@](Cc2cccc(F)c2)(C(=O)O)C1. The van der Waals surface area contributed by atoms with Crippen LogP contribution in [0, 0.1) is 11.2 Å². The van der Waals surface area contributed by atoms with Gasteiger partial charge in [-0.2, -0.15) is 0 Å². The Morgan fingerprint density at radius 2 is 2.30 bits per heavy atom. The van der Waals surface area contributed by atoms with Crippen LogP contribution in [0.2, 0.25) is 0 Å². The molecule has 23 heavy (non-hydrogen) atoms. The van der Waals surface area contributed by atoms with Gasteiger partial charge in [0.25, 0.3) is 0 Å². The van der Waals surface area contributed by atoms with Gasteiger partial charge in [0.2, 0.25) is 0 Å². The van der Waals surface area contributed by atoms with Gasteiger partial charge in [0.1, 0.15) is 11.2 Å². The van der Waals surface area contributed by atoms with Crippen LogP contribution in [0.15, 0.2) is 24.3 Å². The minimum absolute atomic E-state index is 0.113. The minimum Gasteiger partial charge on any atom is -0.481 e. The molecule has 0 saturated carbocycles. The molecule has 0 bridgehead atoms. The van der Waals surface area contributed by atoms with E-state index in [0.717, 1.165) is 13.0 Å². The summed E-state index contributed by atoms with van der Waals surface area (Å²) in [6.07, 6.45) is 0.376. The highest BCUT2D eigenvalue weighted by atomic mass is 19.1. The Morgan fingerprint density at radius 3 is 2.96 bits per heavy atom. The van der Waals surface area contributed by atoms with Gasteiger partial charge in [-0.15, -0.1) is 0 Å². The molecule has 6 heteroatoms. The number of aliphatic carboxylic acids is 1. The number of carboxylic acids is 1. The van der Waals surface area contributed by atoms with Crippen LogP contribution in [0.4, 0.5) is 4.39 Å². The van der Waals surface area contributed by atoms with E-state index in [1.165, 1.54) is 12.1 Å². The van der Waals surface area contributed by atoms with Crippen LogP contribution in [0.3, 0.4) is 0 Å². The molecular formula is C17H24FNO4. The van der Waals surface area contributed by atoms with Crippen molar-refractivity contribution in [3.63, 3.8) is 0 Å². The molecule has 1 aliphatic rings. The van der Waals surface area contributed by atoms with Gasteiger partial charge in [0.05, 0.1) is 6.10 Å². The zero-order chi connectivity index (χ0) is 16.9. The van der Waals surface area contributed by atoms with Crippen molar-refractivity contribution in [3.05, 3.63) is 35.6 Å². The van der Waals surface area contributed by atoms with Gasteiger partial charge >= 0.3 is 5.97 Å². The van der Waals surface area contributed by atoms with Gasteiger partial charge in [0, 0.05) is 33.4 Å². The van der Waals surface area contributed by atoms with Crippen LogP contribution < -0.4 is 0 Å². The van der Waals surface area contributed by atoms with Crippen LogP contribution in [0.25, 0.3) is 0 Å². The third-order valence-electron chi connectivity index (χ3n) is 4.52. The summed E-state index contributed by atoms with van der Waals surface area (Å²) < 4.78 is 18.4. The standard InChI is InChI=1S/C17H24FNO4/c1-23-9-3-7-19-8-6-15(20)17(12-19,16(21)22)11-13-4-2-5-14(18)10-13/h2,4-5,10,15,20H,3,6-9,11-12H2,1H3,(H,21,22)/t15-,17+/m0/s1. The van der Waals surface area contributed by atoms with Gasteiger partial charge in [-0.05, 0) is 37.0 Å². The molecule has 2 rings (SSSR count). The molecule has 0 aliphatic carbocycles. The van der Waals surface area contributed by atoms with Crippen LogP contribution in [0.5, 0.6) is 0 Å². The molecule has 0 radical (unpaired) electrons. The second kappa shape index (κ2) is 7.86. The second-order valence-electron chi connectivity index (χ2n) is 6.19. The fraction of sp³-hybridized carbons (Fsp3) is 0.588. The Balaban J connectivity index is 2.17. The topological polar surface area (TPSA) is 70.0 Å². The molecule has 0 spiro atoms. The molecule has 1 aromatic rings. The first kappa shape index (κ1) is 17.8. The second-order valence-corrected chi connectivity index (χ2v) is 6.19.